The molecule has 0 amide bonds. The van der Waals surface area contributed by atoms with Crippen molar-refractivity contribution in [1.29, 1.82) is 0 Å². The minimum Gasteiger partial charge on any atom is -0.392 e. The first-order chi connectivity index (χ1) is 13.7. The van der Waals surface area contributed by atoms with Gasteiger partial charge in [-0.1, -0.05) is 44.1 Å². The van der Waals surface area contributed by atoms with E-state index in [0.29, 0.717) is 41.3 Å². The van der Waals surface area contributed by atoms with Gasteiger partial charge in [-0.05, 0) is 94.3 Å². The van der Waals surface area contributed by atoms with Crippen LogP contribution >= 0.6 is 0 Å². The van der Waals surface area contributed by atoms with Crippen molar-refractivity contribution < 1.29 is 9.90 Å². The number of rotatable bonds is 4. The average Bonchev–Trinajstić information content (AvgIpc) is 3.03. The smallest absolute Gasteiger partial charge is 0.139 e. The molecular formula is C27H42O2. The molecule has 0 heterocycles. The summed E-state index contributed by atoms with van der Waals surface area (Å²) in [5.41, 5.74) is 3.10. The van der Waals surface area contributed by atoms with E-state index in [1.807, 2.05) is 0 Å². The van der Waals surface area contributed by atoms with Crippen LogP contribution in [0.5, 0.6) is 0 Å². The molecule has 8 atom stereocenters. The average molecular weight is 399 g/mol. The lowest BCUT2D eigenvalue weighted by Crippen LogP contribution is -2.54. The van der Waals surface area contributed by atoms with E-state index in [-0.39, 0.29) is 17.4 Å². The maximum Gasteiger partial charge on any atom is 0.139 e. The number of Topliss-reactive ketones (excluding diaryl/α,β-unsaturated/α-hetero) is 1. The molecule has 0 saturated heterocycles. The Hall–Kier alpha value is -0.890. The van der Waals surface area contributed by atoms with E-state index in [2.05, 4.69) is 46.8 Å². The number of allylic oxidation sites excluding steroid dienone is 3. The molecule has 1 N–H and O–H groups in total. The van der Waals surface area contributed by atoms with Crippen LogP contribution in [0.4, 0.5) is 0 Å². The second kappa shape index (κ2) is 7.66. The highest BCUT2D eigenvalue weighted by molar-refractivity contribution is 5.82. The van der Waals surface area contributed by atoms with Crippen molar-refractivity contribution in [3.63, 3.8) is 0 Å². The summed E-state index contributed by atoms with van der Waals surface area (Å²) < 4.78 is 0. The molecule has 4 rings (SSSR count). The van der Waals surface area contributed by atoms with Gasteiger partial charge in [0.05, 0.1) is 6.10 Å². The molecule has 162 valence electrons. The highest BCUT2D eigenvalue weighted by Crippen LogP contribution is 2.67. The maximum atomic E-state index is 12.9. The Morgan fingerprint density at radius 2 is 1.97 bits per heavy atom. The Kier molecular flexibility index (Phi) is 5.64. The van der Waals surface area contributed by atoms with E-state index in [1.54, 1.807) is 5.57 Å². The summed E-state index contributed by atoms with van der Waals surface area (Å²) in [6, 6.07) is 0. The fraction of sp³-hybridized carbons (Fsp3) is 0.815. The van der Waals surface area contributed by atoms with Crippen LogP contribution in [0.3, 0.4) is 0 Å². The van der Waals surface area contributed by atoms with Gasteiger partial charge in [0.2, 0.25) is 0 Å². The fourth-order valence-electron chi connectivity index (χ4n) is 8.29. The summed E-state index contributed by atoms with van der Waals surface area (Å²) in [7, 11) is 0. The zero-order valence-electron chi connectivity index (χ0n) is 19.3. The molecule has 2 heteroatoms. The standard InChI is InChI=1S/C27H42O2/c1-17(2)9-14-24(28)18(3)21-12-13-22-20-11-10-19-7-6-8-25(29)27(19,5)23(20)15-16-26(21,22)4/h9-10,18,20-23,25,29H,6-8,11-16H2,1-5H3/t18-,20-,21+,22-,23-,25?,26+,27-/m0/s1. The van der Waals surface area contributed by atoms with Gasteiger partial charge < -0.3 is 5.11 Å². The Morgan fingerprint density at radius 1 is 1.21 bits per heavy atom. The van der Waals surface area contributed by atoms with Crippen molar-refractivity contribution in [2.24, 2.45) is 40.4 Å². The zero-order valence-corrected chi connectivity index (χ0v) is 19.3. The van der Waals surface area contributed by atoms with Crippen molar-refractivity contribution in [1.82, 2.24) is 0 Å². The molecular weight excluding hydrogens is 356 g/mol. The van der Waals surface area contributed by atoms with Crippen LogP contribution in [0.25, 0.3) is 0 Å². The van der Waals surface area contributed by atoms with Crippen molar-refractivity contribution in [2.75, 3.05) is 0 Å². The van der Waals surface area contributed by atoms with Crippen LogP contribution in [0.2, 0.25) is 0 Å². The molecule has 0 spiro atoms. The second-order valence-corrected chi connectivity index (χ2v) is 11.5. The third-order valence-electron chi connectivity index (χ3n) is 10.0. The van der Waals surface area contributed by atoms with Crippen LogP contribution in [-0.2, 0) is 4.79 Å². The molecule has 0 aliphatic heterocycles. The van der Waals surface area contributed by atoms with Gasteiger partial charge in [0.15, 0.2) is 0 Å². The quantitative estimate of drug-likeness (QED) is 0.550. The molecule has 4 aliphatic carbocycles. The predicted octanol–water partition coefficient (Wildman–Crippen LogP) is 6.49. The van der Waals surface area contributed by atoms with E-state index in [4.69, 9.17) is 0 Å². The van der Waals surface area contributed by atoms with E-state index >= 15 is 0 Å². The molecule has 29 heavy (non-hydrogen) atoms. The van der Waals surface area contributed by atoms with Crippen molar-refractivity contribution in [3.8, 4) is 0 Å². The van der Waals surface area contributed by atoms with Gasteiger partial charge in [0.1, 0.15) is 5.78 Å². The van der Waals surface area contributed by atoms with Gasteiger partial charge in [-0.2, -0.15) is 0 Å². The monoisotopic (exact) mass is 398 g/mol. The number of hydrogen-bond donors (Lipinski definition) is 1. The summed E-state index contributed by atoms with van der Waals surface area (Å²) in [5.74, 6) is 3.17. The molecule has 0 aromatic carbocycles. The lowest BCUT2D eigenvalue weighted by Gasteiger charge is -2.59. The normalized spacial score (nSPS) is 44.8. The van der Waals surface area contributed by atoms with Crippen LogP contribution in [-0.4, -0.2) is 17.0 Å². The third kappa shape index (κ3) is 3.29. The van der Waals surface area contributed by atoms with E-state index in [1.165, 1.54) is 44.1 Å². The molecule has 4 aliphatic rings. The summed E-state index contributed by atoms with van der Waals surface area (Å²) >= 11 is 0. The van der Waals surface area contributed by atoms with Crippen molar-refractivity contribution >= 4 is 5.78 Å². The molecule has 3 fully saturated rings. The highest BCUT2D eigenvalue weighted by atomic mass is 16.3. The lowest BCUT2D eigenvalue weighted by atomic mass is 9.46. The van der Waals surface area contributed by atoms with Gasteiger partial charge in [-0.15, -0.1) is 0 Å². The van der Waals surface area contributed by atoms with Gasteiger partial charge in [0.25, 0.3) is 0 Å². The first-order valence-electron chi connectivity index (χ1n) is 12.2. The Balaban J connectivity index is 1.57. The lowest BCUT2D eigenvalue weighted by molar-refractivity contribution is -0.127. The molecule has 0 aromatic rings. The summed E-state index contributed by atoms with van der Waals surface area (Å²) in [5, 5.41) is 11.0. The van der Waals surface area contributed by atoms with Gasteiger partial charge >= 0.3 is 0 Å². The number of ketones is 1. The Morgan fingerprint density at radius 3 is 2.69 bits per heavy atom. The van der Waals surface area contributed by atoms with Gasteiger partial charge in [0, 0.05) is 17.8 Å². The SMILES string of the molecule is CC(C)=CCC(=O)[C@@H](C)[C@H]1CC[C@H]2[C@@H]3CC=C4CCCC(O)[C@]4(C)[C@H]3CC[C@]12C. The third-order valence-corrected chi connectivity index (χ3v) is 10.0. The van der Waals surface area contributed by atoms with Crippen molar-refractivity contribution in [3.05, 3.63) is 23.3 Å². The number of aliphatic hydroxyl groups excluding tert-OH is 1. The number of hydrogen-bond acceptors (Lipinski definition) is 2. The molecule has 0 bridgehead atoms. The van der Waals surface area contributed by atoms with Crippen molar-refractivity contribution in [2.45, 2.75) is 98.5 Å². The van der Waals surface area contributed by atoms with Crippen LogP contribution in [0.1, 0.15) is 92.4 Å². The van der Waals surface area contributed by atoms with Crippen LogP contribution < -0.4 is 0 Å². The largest absolute Gasteiger partial charge is 0.392 e. The number of carbonyl (C=O) groups is 1. The van der Waals surface area contributed by atoms with Crippen LogP contribution in [0.15, 0.2) is 23.3 Å². The van der Waals surface area contributed by atoms with E-state index < -0.39 is 0 Å². The second-order valence-electron chi connectivity index (χ2n) is 11.5. The Labute approximate surface area is 178 Å². The number of aliphatic hydroxyl groups is 1. The number of fused-ring (bicyclic) bond motifs is 5. The molecule has 3 saturated carbocycles. The van der Waals surface area contributed by atoms with Gasteiger partial charge in [-0.25, -0.2) is 0 Å². The van der Waals surface area contributed by atoms with E-state index in [0.717, 1.165) is 12.8 Å². The summed E-state index contributed by atoms with van der Waals surface area (Å²) in [6.45, 7) is 11.3. The minimum absolute atomic E-state index is 0.00542. The first kappa shape index (κ1) is 21.3. The summed E-state index contributed by atoms with van der Waals surface area (Å²) in [4.78, 5) is 12.9. The summed E-state index contributed by atoms with van der Waals surface area (Å²) in [6.07, 6.45) is 14.5. The number of carbonyl (C=O) groups excluding carboxylic acids is 1. The zero-order chi connectivity index (χ0) is 21.0. The topological polar surface area (TPSA) is 37.3 Å². The molecule has 1 unspecified atom stereocenters. The minimum atomic E-state index is -0.165. The van der Waals surface area contributed by atoms with E-state index in [9.17, 15) is 9.90 Å². The fourth-order valence-corrected chi connectivity index (χ4v) is 8.29. The molecule has 0 radical (unpaired) electrons. The van der Waals surface area contributed by atoms with Gasteiger partial charge in [-0.3, -0.25) is 4.79 Å². The van der Waals surface area contributed by atoms with Crippen LogP contribution in [0, 0.1) is 40.4 Å². The molecule has 0 aromatic heterocycles. The first-order valence-corrected chi connectivity index (χ1v) is 12.2. The molecule has 2 nitrogen and oxygen atoms in total. The predicted molar refractivity (Wildman–Crippen MR) is 119 cm³/mol. The Bertz CT molecular complexity index is 714. The maximum absolute atomic E-state index is 12.9. The highest BCUT2D eigenvalue weighted by Gasteiger charge is 2.60.